The second kappa shape index (κ2) is 14.8. The SMILES string of the molecule is CCCCCCCCc1ccccc1OC(=O)c1ccc(C(C)OCCCCC)cc1. The number of carbonyl (C=O) groups is 1. The Kier molecular flexibility index (Phi) is 12.0. The molecule has 0 aromatic heterocycles. The van der Waals surface area contributed by atoms with Crippen LogP contribution in [0.5, 0.6) is 5.75 Å². The minimum absolute atomic E-state index is 0.0278. The minimum atomic E-state index is -0.307. The van der Waals surface area contributed by atoms with Gasteiger partial charge in [-0.05, 0) is 55.5 Å². The Morgan fingerprint density at radius 2 is 1.45 bits per heavy atom. The van der Waals surface area contributed by atoms with Crippen LogP contribution in [0.4, 0.5) is 0 Å². The van der Waals surface area contributed by atoms with E-state index in [2.05, 4.69) is 26.8 Å². The maximum Gasteiger partial charge on any atom is 0.343 e. The van der Waals surface area contributed by atoms with Crippen LogP contribution in [-0.4, -0.2) is 12.6 Å². The maximum absolute atomic E-state index is 12.7. The van der Waals surface area contributed by atoms with Crippen molar-refractivity contribution in [2.24, 2.45) is 0 Å². The van der Waals surface area contributed by atoms with Gasteiger partial charge in [-0.25, -0.2) is 4.79 Å². The number of carbonyl (C=O) groups excluding carboxylic acids is 1. The number of unbranched alkanes of at least 4 members (excludes halogenated alkanes) is 7. The average Bonchev–Trinajstić information content (AvgIpc) is 2.80. The molecule has 2 aromatic rings. The summed E-state index contributed by atoms with van der Waals surface area (Å²) in [5, 5.41) is 0. The van der Waals surface area contributed by atoms with E-state index in [1.165, 1.54) is 44.9 Å². The number of aryl methyl sites for hydroxylation is 1. The molecule has 0 bridgehead atoms. The van der Waals surface area contributed by atoms with Gasteiger partial charge in [0.15, 0.2) is 0 Å². The summed E-state index contributed by atoms with van der Waals surface area (Å²) in [5.41, 5.74) is 2.75. The molecule has 2 aromatic carbocycles. The fourth-order valence-electron chi connectivity index (χ4n) is 3.66. The summed E-state index contributed by atoms with van der Waals surface area (Å²) in [7, 11) is 0. The number of hydrogen-bond donors (Lipinski definition) is 0. The lowest BCUT2D eigenvalue weighted by molar-refractivity contribution is 0.0628. The van der Waals surface area contributed by atoms with Crippen molar-refractivity contribution in [1.29, 1.82) is 0 Å². The van der Waals surface area contributed by atoms with Gasteiger partial charge < -0.3 is 9.47 Å². The third-order valence-corrected chi connectivity index (χ3v) is 5.71. The third kappa shape index (κ3) is 9.26. The van der Waals surface area contributed by atoms with Crippen LogP contribution in [0.3, 0.4) is 0 Å². The van der Waals surface area contributed by atoms with Gasteiger partial charge in [0, 0.05) is 6.61 Å². The van der Waals surface area contributed by atoms with Crippen molar-refractivity contribution < 1.29 is 14.3 Å². The smallest absolute Gasteiger partial charge is 0.343 e. The number of esters is 1. The van der Waals surface area contributed by atoms with Crippen molar-refractivity contribution in [2.45, 2.75) is 91.1 Å². The number of ether oxygens (including phenoxy) is 2. The van der Waals surface area contributed by atoms with E-state index < -0.39 is 0 Å². The lowest BCUT2D eigenvalue weighted by Crippen LogP contribution is -2.10. The van der Waals surface area contributed by atoms with Crippen molar-refractivity contribution in [3.8, 4) is 5.75 Å². The molecule has 0 aliphatic heterocycles. The zero-order valence-corrected chi connectivity index (χ0v) is 19.7. The van der Waals surface area contributed by atoms with Crippen molar-refractivity contribution >= 4 is 5.97 Å². The van der Waals surface area contributed by atoms with Crippen LogP contribution in [0.2, 0.25) is 0 Å². The Bertz CT molecular complexity index is 751. The fourth-order valence-corrected chi connectivity index (χ4v) is 3.66. The van der Waals surface area contributed by atoms with Gasteiger partial charge in [0.2, 0.25) is 0 Å². The molecule has 3 nitrogen and oxygen atoms in total. The second-order valence-corrected chi connectivity index (χ2v) is 8.36. The highest BCUT2D eigenvalue weighted by Crippen LogP contribution is 2.23. The number of hydrogen-bond acceptors (Lipinski definition) is 3. The van der Waals surface area contributed by atoms with E-state index in [0.29, 0.717) is 11.3 Å². The highest BCUT2D eigenvalue weighted by atomic mass is 16.5. The summed E-state index contributed by atoms with van der Waals surface area (Å²) in [6.07, 6.45) is 12.0. The number of benzene rings is 2. The summed E-state index contributed by atoms with van der Waals surface area (Å²) < 4.78 is 11.6. The monoisotopic (exact) mass is 424 g/mol. The highest BCUT2D eigenvalue weighted by molar-refractivity contribution is 5.91. The molecule has 0 aliphatic rings. The minimum Gasteiger partial charge on any atom is -0.423 e. The number of para-hydroxylation sites is 1. The third-order valence-electron chi connectivity index (χ3n) is 5.71. The molecule has 0 aliphatic carbocycles. The molecule has 0 fully saturated rings. The fraction of sp³-hybridized carbons (Fsp3) is 0.536. The molecule has 0 N–H and O–H groups in total. The van der Waals surface area contributed by atoms with Gasteiger partial charge in [-0.3, -0.25) is 0 Å². The summed E-state index contributed by atoms with van der Waals surface area (Å²) in [6.45, 7) is 7.25. The summed E-state index contributed by atoms with van der Waals surface area (Å²) in [4.78, 5) is 12.7. The Morgan fingerprint density at radius 3 is 2.19 bits per heavy atom. The van der Waals surface area contributed by atoms with Gasteiger partial charge in [-0.2, -0.15) is 0 Å². The van der Waals surface area contributed by atoms with Crippen LogP contribution in [0, 0.1) is 0 Å². The Morgan fingerprint density at radius 1 is 0.806 bits per heavy atom. The Hall–Kier alpha value is -2.13. The molecule has 0 spiro atoms. The molecule has 3 heteroatoms. The molecule has 0 saturated carbocycles. The zero-order chi connectivity index (χ0) is 22.3. The van der Waals surface area contributed by atoms with E-state index in [0.717, 1.165) is 37.0 Å². The van der Waals surface area contributed by atoms with Crippen molar-refractivity contribution in [1.82, 2.24) is 0 Å². The summed E-state index contributed by atoms with van der Waals surface area (Å²) in [5.74, 6) is 0.372. The van der Waals surface area contributed by atoms with Crippen molar-refractivity contribution in [2.75, 3.05) is 6.61 Å². The normalized spacial score (nSPS) is 12.0. The van der Waals surface area contributed by atoms with Crippen LogP contribution in [0.1, 0.15) is 106 Å². The number of rotatable bonds is 15. The average molecular weight is 425 g/mol. The topological polar surface area (TPSA) is 35.5 Å². The van der Waals surface area contributed by atoms with Gasteiger partial charge in [0.1, 0.15) is 5.75 Å². The van der Waals surface area contributed by atoms with Gasteiger partial charge in [0.05, 0.1) is 11.7 Å². The molecule has 2 rings (SSSR count). The van der Waals surface area contributed by atoms with Crippen molar-refractivity contribution in [3.63, 3.8) is 0 Å². The van der Waals surface area contributed by atoms with Crippen molar-refractivity contribution in [3.05, 3.63) is 65.2 Å². The van der Waals surface area contributed by atoms with E-state index in [4.69, 9.17) is 9.47 Å². The van der Waals surface area contributed by atoms with E-state index in [9.17, 15) is 4.79 Å². The van der Waals surface area contributed by atoms with Crippen LogP contribution < -0.4 is 4.74 Å². The van der Waals surface area contributed by atoms with E-state index in [1.54, 1.807) is 0 Å². The Balaban J connectivity index is 1.87. The lowest BCUT2D eigenvalue weighted by Gasteiger charge is -2.14. The second-order valence-electron chi connectivity index (χ2n) is 8.36. The first-order valence-electron chi connectivity index (χ1n) is 12.2. The zero-order valence-electron chi connectivity index (χ0n) is 19.7. The van der Waals surface area contributed by atoms with Gasteiger partial charge in [0.25, 0.3) is 0 Å². The van der Waals surface area contributed by atoms with E-state index in [-0.39, 0.29) is 12.1 Å². The molecule has 31 heavy (non-hydrogen) atoms. The van der Waals surface area contributed by atoms with Crippen LogP contribution in [-0.2, 0) is 11.2 Å². The largest absolute Gasteiger partial charge is 0.423 e. The summed E-state index contributed by atoms with van der Waals surface area (Å²) in [6, 6.07) is 15.5. The molecule has 0 radical (unpaired) electrons. The van der Waals surface area contributed by atoms with Gasteiger partial charge >= 0.3 is 5.97 Å². The van der Waals surface area contributed by atoms with Gasteiger partial charge in [-0.1, -0.05) is 89.1 Å². The molecular formula is C28H40O3. The molecule has 0 heterocycles. The van der Waals surface area contributed by atoms with E-state index in [1.807, 2.05) is 42.5 Å². The molecule has 0 amide bonds. The Labute approximate surface area is 189 Å². The summed E-state index contributed by atoms with van der Waals surface area (Å²) >= 11 is 0. The lowest BCUT2D eigenvalue weighted by atomic mass is 10.0. The first-order valence-corrected chi connectivity index (χ1v) is 12.2. The predicted molar refractivity (Wildman–Crippen MR) is 129 cm³/mol. The highest BCUT2D eigenvalue weighted by Gasteiger charge is 2.13. The molecule has 0 saturated heterocycles. The molecule has 1 atom stereocenters. The molecular weight excluding hydrogens is 384 g/mol. The van der Waals surface area contributed by atoms with Crippen LogP contribution in [0.25, 0.3) is 0 Å². The molecule has 1 unspecified atom stereocenters. The predicted octanol–water partition coefficient (Wildman–Crippen LogP) is 8.08. The van der Waals surface area contributed by atoms with Gasteiger partial charge in [-0.15, -0.1) is 0 Å². The van der Waals surface area contributed by atoms with Crippen LogP contribution >= 0.6 is 0 Å². The van der Waals surface area contributed by atoms with E-state index >= 15 is 0 Å². The van der Waals surface area contributed by atoms with Crippen LogP contribution in [0.15, 0.2) is 48.5 Å². The standard InChI is InChI=1S/C28H40O3/c1-4-6-8-9-10-11-15-25-16-12-13-17-27(25)31-28(29)26-20-18-24(19-21-26)23(3)30-22-14-7-5-2/h12-13,16-21,23H,4-11,14-15,22H2,1-3H3. The molecule has 170 valence electrons. The maximum atomic E-state index is 12.7. The first kappa shape index (κ1) is 25.1. The quantitative estimate of drug-likeness (QED) is 0.165. The first-order chi connectivity index (χ1) is 15.2.